The second kappa shape index (κ2) is 8.19. The summed E-state index contributed by atoms with van der Waals surface area (Å²) in [5.41, 5.74) is 5.81. The maximum atomic E-state index is 12.3. The predicted molar refractivity (Wildman–Crippen MR) is 103 cm³/mol. The molecule has 3 nitrogen and oxygen atoms in total. The van der Waals surface area contributed by atoms with Crippen LogP contribution in [0.2, 0.25) is 0 Å². The number of carbonyl (C=O) groups excluding carboxylic acids is 1. The Bertz CT molecular complexity index is 750. The first kappa shape index (κ1) is 19.0. The molecule has 0 fully saturated rings. The molecule has 0 aliphatic rings. The molecular formula is C22H29NO2. The largest absolute Gasteiger partial charge is 0.483 e. The maximum absolute atomic E-state index is 12.3. The molecule has 3 heteroatoms. The van der Waals surface area contributed by atoms with Gasteiger partial charge in [-0.25, -0.2) is 0 Å². The standard InChI is InChI=1S/C22H29NO2/c1-14(2)19-9-7-16(4)12-21(19)25-13-22(24)23-18(6)20-10-8-15(3)11-17(20)5/h7-12,14,18H,13H2,1-6H3,(H,23,24)/t18-/m1/s1. The minimum Gasteiger partial charge on any atom is -0.483 e. The molecule has 0 heterocycles. The molecule has 25 heavy (non-hydrogen) atoms. The van der Waals surface area contributed by atoms with Crippen molar-refractivity contribution in [1.82, 2.24) is 5.32 Å². The molecule has 1 atom stereocenters. The van der Waals surface area contributed by atoms with Crippen LogP contribution in [0.3, 0.4) is 0 Å². The Hall–Kier alpha value is -2.29. The molecule has 0 aliphatic heterocycles. The summed E-state index contributed by atoms with van der Waals surface area (Å²) in [5.74, 6) is 1.04. The molecule has 134 valence electrons. The number of benzene rings is 2. The van der Waals surface area contributed by atoms with Crippen LogP contribution in [0.4, 0.5) is 0 Å². The Balaban J connectivity index is 2.00. The van der Waals surface area contributed by atoms with Crippen LogP contribution in [0.5, 0.6) is 5.75 Å². The highest BCUT2D eigenvalue weighted by molar-refractivity contribution is 5.78. The fourth-order valence-electron chi connectivity index (χ4n) is 3.06. The number of hydrogen-bond acceptors (Lipinski definition) is 2. The molecule has 0 bridgehead atoms. The predicted octanol–water partition coefficient (Wildman–Crippen LogP) is 4.99. The summed E-state index contributed by atoms with van der Waals surface area (Å²) in [4.78, 5) is 12.3. The lowest BCUT2D eigenvalue weighted by Crippen LogP contribution is -2.31. The molecule has 0 saturated carbocycles. The minimum absolute atomic E-state index is 0.0262. The van der Waals surface area contributed by atoms with E-state index in [1.807, 2.05) is 19.9 Å². The average Bonchev–Trinajstić information content (AvgIpc) is 2.52. The SMILES string of the molecule is Cc1ccc([C@@H](C)NC(=O)COc2cc(C)ccc2C(C)C)c(C)c1. The molecule has 0 spiro atoms. The van der Waals surface area contributed by atoms with E-state index in [1.165, 1.54) is 11.1 Å². The van der Waals surface area contributed by atoms with Crippen LogP contribution in [0.15, 0.2) is 36.4 Å². The second-order valence-corrected chi connectivity index (χ2v) is 7.13. The Kier molecular flexibility index (Phi) is 6.24. The van der Waals surface area contributed by atoms with Crippen molar-refractivity contribution in [2.24, 2.45) is 0 Å². The van der Waals surface area contributed by atoms with Gasteiger partial charge in [-0.3, -0.25) is 4.79 Å². The Morgan fingerprint density at radius 3 is 2.16 bits per heavy atom. The van der Waals surface area contributed by atoms with E-state index in [4.69, 9.17) is 4.74 Å². The number of nitrogens with one attached hydrogen (secondary N) is 1. The summed E-state index contributed by atoms with van der Waals surface area (Å²) < 4.78 is 5.82. The van der Waals surface area contributed by atoms with Gasteiger partial charge in [0.25, 0.3) is 5.91 Å². The zero-order valence-electron chi connectivity index (χ0n) is 16.1. The van der Waals surface area contributed by atoms with E-state index in [0.717, 1.165) is 22.4 Å². The van der Waals surface area contributed by atoms with Crippen LogP contribution in [-0.4, -0.2) is 12.5 Å². The van der Waals surface area contributed by atoms with Crippen molar-refractivity contribution in [1.29, 1.82) is 0 Å². The monoisotopic (exact) mass is 339 g/mol. The van der Waals surface area contributed by atoms with E-state index in [1.54, 1.807) is 0 Å². The van der Waals surface area contributed by atoms with Gasteiger partial charge in [0.05, 0.1) is 6.04 Å². The number of aryl methyl sites for hydroxylation is 3. The van der Waals surface area contributed by atoms with Gasteiger partial charge in [-0.1, -0.05) is 49.7 Å². The van der Waals surface area contributed by atoms with Crippen molar-refractivity contribution in [2.75, 3.05) is 6.61 Å². The van der Waals surface area contributed by atoms with Gasteiger partial charge in [-0.15, -0.1) is 0 Å². The Labute approximate surface area is 151 Å². The molecule has 2 aromatic carbocycles. The highest BCUT2D eigenvalue weighted by Gasteiger charge is 2.14. The van der Waals surface area contributed by atoms with Crippen LogP contribution in [0.25, 0.3) is 0 Å². The third kappa shape index (κ3) is 5.09. The van der Waals surface area contributed by atoms with Gasteiger partial charge in [0.15, 0.2) is 6.61 Å². The Morgan fingerprint density at radius 2 is 1.56 bits per heavy atom. The third-order valence-corrected chi connectivity index (χ3v) is 4.42. The van der Waals surface area contributed by atoms with Gasteiger partial charge in [0.2, 0.25) is 0 Å². The number of ether oxygens (including phenoxy) is 1. The first-order valence-electron chi connectivity index (χ1n) is 8.87. The van der Waals surface area contributed by atoms with Crippen LogP contribution < -0.4 is 10.1 Å². The maximum Gasteiger partial charge on any atom is 0.258 e. The summed E-state index contributed by atoms with van der Waals surface area (Å²) in [6.45, 7) is 12.4. The highest BCUT2D eigenvalue weighted by atomic mass is 16.5. The zero-order chi connectivity index (χ0) is 18.6. The lowest BCUT2D eigenvalue weighted by molar-refractivity contribution is -0.123. The summed E-state index contributed by atoms with van der Waals surface area (Å²) in [6.07, 6.45) is 0. The van der Waals surface area contributed by atoms with Crippen molar-refractivity contribution >= 4 is 5.91 Å². The topological polar surface area (TPSA) is 38.3 Å². The van der Waals surface area contributed by atoms with E-state index in [0.29, 0.717) is 5.92 Å². The van der Waals surface area contributed by atoms with Crippen LogP contribution in [0, 0.1) is 20.8 Å². The lowest BCUT2D eigenvalue weighted by atomic mass is 10.0. The zero-order valence-corrected chi connectivity index (χ0v) is 16.1. The third-order valence-electron chi connectivity index (χ3n) is 4.42. The molecule has 1 N–H and O–H groups in total. The Morgan fingerprint density at radius 1 is 0.960 bits per heavy atom. The molecule has 2 rings (SSSR count). The number of hydrogen-bond donors (Lipinski definition) is 1. The van der Waals surface area contributed by atoms with E-state index >= 15 is 0 Å². The fraction of sp³-hybridized carbons (Fsp3) is 0.409. The smallest absolute Gasteiger partial charge is 0.258 e. The molecule has 0 radical (unpaired) electrons. The van der Waals surface area contributed by atoms with Gasteiger partial charge in [0.1, 0.15) is 5.75 Å². The summed E-state index contributed by atoms with van der Waals surface area (Å²) in [6, 6.07) is 12.4. The van der Waals surface area contributed by atoms with Gasteiger partial charge >= 0.3 is 0 Å². The van der Waals surface area contributed by atoms with Crippen molar-refractivity contribution in [3.05, 3.63) is 64.2 Å². The van der Waals surface area contributed by atoms with E-state index < -0.39 is 0 Å². The fourth-order valence-corrected chi connectivity index (χ4v) is 3.06. The summed E-state index contributed by atoms with van der Waals surface area (Å²) in [5, 5.41) is 3.03. The normalized spacial score (nSPS) is 12.1. The van der Waals surface area contributed by atoms with Crippen molar-refractivity contribution in [3.63, 3.8) is 0 Å². The quantitative estimate of drug-likeness (QED) is 0.805. The number of amides is 1. The van der Waals surface area contributed by atoms with E-state index in [-0.39, 0.29) is 18.6 Å². The molecule has 0 aliphatic carbocycles. The highest BCUT2D eigenvalue weighted by Crippen LogP contribution is 2.27. The molecular weight excluding hydrogens is 310 g/mol. The summed E-state index contributed by atoms with van der Waals surface area (Å²) in [7, 11) is 0. The van der Waals surface area contributed by atoms with E-state index in [9.17, 15) is 4.79 Å². The first-order valence-corrected chi connectivity index (χ1v) is 8.87. The number of carbonyl (C=O) groups is 1. The van der Waals surface area contributed by atoms with Crippen LogP contribution in [0.1, 0.15) is 60.5 Å². The van der Waals surface area contributed by atoms with Crippen molar-refractivity contribution in [2.45, 2.75) is 53.5 Å². The molecule has 0 unspecified atom stereocenters. The van der Waals surface area contributed by atoms with Gasteiger partial charge in [-0.05, 0) is 61.9 Å². The van der Waals surface area contributed by atoms with Crippen molar-refractivity contribution < 1.29 is 9.53 Å². The van der Waals surface area contributed by atoms with Gasteiger partial charge in [0, 0.05) is 0 Å². The number of rotatable bonds is 6. The minimum atomic E-state index is -0.108. The van der Waals surface area contributed by atoms with Gasteiger partial charge < -0.3 is 10.1 Å². The van der Waals surface area contributed by atoms with Gasteiger partial charge in [-0.2, -0.15) is 0 Å². The molecule has 0 saturated heterocycles. The second-order valence-electron chi connectivity index (χ2n) is 7.13. The van der Waals surface area contributed by atoms with Crippen LogP contribution in [-0.2, 0) is 4.79 Å². The summed E-state index contributed by atoms with van der Waals surface area (Å²) >= 11 is 0. The van der Waals surface area contributed by atoms with Crippen molar-refractivity contribution in [3.8, 4) is 5.75 Å². The van der Waals surface area contributed by atoms with E-state index in [2.05, 4.69) is 63.3 Å². The first-order chi connectivity index (χ1) is 11.8. The lowest BCUT2D eigenvalue weighted by Gasteiger charge is -2.18. The van der Waals surface area contributed by atoms with Crippen LogP contribution >= 0.6 is 0 Å². The molecule has 2 aromatic rings. The molecule has 1 amide bonds. The molecule has 0 aromatic heterocycles. The average molecular weight is 339 g/mol.